The highest BCUT2D eigenvalue weighted by atomic mass is 19.1. The van der Waals surface area contributed by atoms with Crippen LogP contribution in [0, 0.1) is 5.82 Å². The lowest BCUT2D eigenvalue weighted by Gasteiger charge is -2.27. The Kier molecular flexibility index (Phi) is 3.09. The summed E-state index contributed by atoms with van der Waals surface area (Å²) in [7, 11) is 0. The molecule has 0 saturated carbocycles. The van der Waals surface area contributed by atoms with Crippen molar-refractivity contribution in [1.82, 2.24) is 0 Å². The summed E-state index contributed by atoms with van der Waals surface area (Å²) >= 11 is 0. The van der Waals surface area contributed by atoms with Gasteiger partial charge in [0, 0.05) is 5.54 Å². The molecule has 0 radical (unpaired) electrons. The SMILES string of the molecule is CC(C)(N)C(C(=O)O)c1ccc(F)cc1. The third-order valence-corrected chi connectivity index (χ3v) is 2.19. The van der Waals surface area contributed by atoms with E-state index in [0.717, 1.165) is 0 Å². The largest absolute Gasteiger partial charge is 0.481 e. The third kappa shape index (κ3) is 2.76. The Balaban J connectivity index is 3.11. The summed E-state index contributed by atoms with van der Waals surface area (Å²) in [4.78, 5) is 11.1. The van der Waals surface area contributed by atoms with Gasteiger partial charge in [-0.25, -0.2) is 4.39 Å². The van der Waals surface area contributed by atoms with Gasteiger partial charge in [-0.15, -0.1) is 0 Å². The van der Waals surface area contributed by atoms with Gasteiger partial charge in [-0.3, -0.25) is 4.79 Å². The van der Waals surface area contributed by atoms with Crippen LogP contribution in [0.2, 0.25) is 0 Å². The topological polar surface area (TPSA) is 63.3 Å². The van der Waals surface area contributed by atoms with Gasteiger partial charge in [-0.2, -0.15) is 0 Å². The van der Waals surface area contributed by atoms with Crippen LogP contribution in [-0.4, -0.2) is 16.6 Å². The maximum absolute atomic E-state index is 12.7. The monoisotopic (exact) mass is 211 g/mol. The second-order valence-electron chi connectivity index (χ2n) is 4.14. The lowest BCUT2D eigenvalue weighted by atomic mass is 9.83. The molecule has 15 heavy (non-hydrogen) atoms. The van der Waals surface area contributed by atoms with E-state index < -0.39 is 23.2 Å². The van der Waals surface area contributed by atoms with Crippen LogP contribution in [0.4, 0.5) is 4.39 Å². The molecule has 0 aliphatic heterocycles. The van der Waals surface area contributed by atoms with Crippen molar-refractivity contribution >= 4 is 5.97 Å². The number of rotatable bonds is 3. The van der Waals surface area contributed by atoms with Crippen molar-refractivity contribution in [3.05, 3.63) is 35.6 Å². The number of hydrogen-bond donors (Lipinski definition) is 2. The van der Waals surface area contributed by atoms with Crippen molar-refractivity contribution in [3.8, 4) is 0 Å². The Labute approximate surface area is 87.7 Å². The summed E-state index contributed by atoms with van der Waals surface area (Å²) in [5, 5.41) is 9.06. The molecule has 3 nitrogen and oxygen atoms in total. The highest BCUT2D eigenvalue weighted by Gasteiger charge is 2.33. The first kappa shape index (κ1) is 11.7. The molecular formula is C11H14FNO2. The van der Waals surface area contributed by atoms with E-state index >= 15 is 0 Å². The molecule has 1 rings (SSSR count). The summed E-state index contributed by atoms with van der Waals surface area (Å²) in [6.45, 7) is 3.27. The summed E-state index contributed by atoms with van der Waals surface area (Å²) in [6.07, 6.45) is 0. The molecule has 1 aromatic rings. The van der Waals surface area contributed by atoms with Crippen LogP contribution < -0.4 is 5.73 Å². The molecule has 0 spiro atoms. The summed E-state index contributed by atoms with van der Waals surface area (Å²) in [6, 6.07) is 5.36. The molecule has 3 N–H and O–H groups in total. The minimum atomic E-state index is -1.01. The molecule has 0 aliphatic carbocycles. The van der Waals surface area contributed by atoms with E-state index in [1.807, 2.05) is 0 Å². The van der Waals surface area contributed by atoms with Crippen molar-refractivity contribution < 1.29 is 14.3 Å². The minimum Gasteiger partial charge on any atom is -0.481 e. The average molecular weight is 211 g/mol. The number of carboxylic acids is 1. The molecule has 0 bridgehead atoms. The molecule has 0 saturated heterocycles. The van der Waals surface area contributed by atoms with E-state index in [4.69, 9.17) is 10.8 Å². The van der Waals surface area contributed by atoms with Gasteiger partial charge >= 0.3 is 5.97 Å². The van der Waals surface area contributed by atoms with Gasteiger partial charge in [-0.1, -0.05) is 12.1 Å². The predicted octanol–water partition coefficient (Wildman–Crippen LogP) is 1.73. The van der Waals surface area contributed by atoms with Gasteiger partial charge < -0.3 is 10.8 Å². The number of carboxylic acid groups (broad SMARTS) is 1. The number of hydrogen-bond acceptors (Lipinski definition) is 2. The maximum Gasteiger partial charge on any atom is 0.312 e. The van der Waals surface area contributed by atoms with Crippen LogP contribution >= 0.6 is 0 Å². The molecule has 4 heteroatoms. The first-order valence-corrected chi connectivity index (χ1v) is 4.59. The second kappa shape index (κ2) is 3.98. The Bertz CT molecular complexity index is 354. The molecule has 0 fully saturated rings. The number of carbonyl (C=O) groups is 1. The van der Waals surface area contributed by atoms with Gasteiger partial charge in [0.1, 0.15) is 5.82 Å². The van der Waals surface area contributed by atoms with Crippen molar-refractivity contribution in [2.75, 3.05) is 0 Å². The van der Waals surface area contributed by atoms with Crippen LogP contribution in [0.5, 0.6) is 0 Å². The molecule has 0 aliphatic rings. The van der Waals surface area contributed by atoms with Gasteiger partial charge in [0.2, 0.25) is 0 Å². The van der Waals surface area contributed by atoms with Crippen molar-refractivity contribution in [3.63, 3.8) is 0 Å². The number of halogens is 1. The standard InChI is InChI=1S/C11H14FNO2/c1-11(2,13)9(10(14)15)7-3-5-8(12)6-4-7/h3-6,9H,13H2,1-2H3,(H,14,15). The molecule has 0 aromatic heterocycles. The van der Waals surface area contributed by atoms with Gasteiger partial charge in [0.05, 0.1) is 5.92 Å². The summed E-state index contributed by atoms with van der Waals surface area (Å²) in [5.74, 6) is -2.23. The zero-order valence-electron chi connectivity index (χ0n) is 8.70. The maximum atomic E-state index is 12.7. The van der Waals surface area contributed by atoms with Crippen LogP contribution in [0.15, 0.2) is 24.3 Å². The number of nitrogens with two attached hydrogens (primary N) is 1. The molecule has 82 valence electrons. The van der Waals surface area contributed by atoms with Gasteiger partial charge in [0.25, 0.3) is 0 Å². The quantitative estimate of drug-likeness (QED) is 0.800. The Morgan fingerprint density at radius 2 is 1.87 bits per heavy atom. The first-order chi connectivity index (χ1) is 6.82. The average Bonchev–Trinajstić information content (AvgIpc) is 2.05. The third-order valence-electron chi connectivity index (χ3n) is 2.19. The van der Waals surface area contributed by atoms with Crippen LogP contribution in [0.25, 0.3) is 0 Å². The second-order valence-corrected chi connectivity index (χ2v) is 4.14. The van der Waals surface area contributed by atoms with Crippen LogP contribution in [0.1, 0.15) is 25.3 Å². The fraction of sp³-hybridized carbons (Fsp3) is 0.364. The van der Waals surface area contributed by atoms with Crippen molar-refractivity contribution in [2.45, 2.75) is 25.3 Å². The smallest absolute Gasteiger partial charge is 0.312 e. The van der Waals surface area contributed by atoms with Gasteiger partial charge in [-0.05, 0) is 31.5 Å². The van der Waals surface area contributed by atoms with E-state index in [0.29, 0.717) is 5.56 Å². The van der Waals surface area contributed by atoms with Crippen LogP contribution in [0.3, 0.4) is 0 Å². The molecule has 1 aromatic carbocycles. The fourth-order valence-electron chi connectivity index (χ4n) is 1.55. The molecule has 1 atom stereocenters. The fourth-order valence-corrected chi connectivity index (χ4v) is 1.55. The zero-order chi connectivity index (χ0) is 11.6. The van der Waals surface area contributed by atoms with Crippen molar-refractivity contribution in [2.24, 2.45) is 5.73 Å². The lowest BCUT2D eigenvalue weighted by Crippen LogP contribution is -2.43. The molecule has 1 unspecified atom stereocenters. The highest BCUT2D eigenvalue weighted by molar-refractivity contribution is 5.77. The Morgan fingerprint density at radius 3 is 2.20 bits per heavy atom. The lowest BCUT2D eigenvalue weighted by molar-refractivity contribution is -0.140. The summed E-state index contributed by atoms with van der Waals surface area (Å²) < 4.78 is 12.7. The molecular weight excluding hydrogens is 197 g/mol. The van der Waals surface area contributed by atoms with E-state index in [9.17, 15) is 9.18 Å². The minimum absolute atomic E-state index is 0.391. The highest BCUT2D eigenvalue weighted by Crippen LogP contribution is 2.26. The number of benzene rings is 1. The van der Waals surface area contributed by atoms with Gasteiger partial charge in [0.15, 0.2) is 0 Å². The Morgan fingerprint density at radius 1 is 1.40 bits per heavy atom. The normalized spacial score (nSPS) is 13.6. The van der Waals surface area contributed by atoms with E-state index in [1.54, 1.807) is 13.8 Å². The van der Waals surface area contributed by atoms with Crippen LogP contribution in [-0.2, 0) is 4.79 Å². The Hall–Kier alpha value is -1.42. The number of aliphatic carboxylic acids is 1. The predicted molar refractivity (Wildman–Crippen MR) is 55.0 cm³/mol. The van der Waals surface area contributed by atoms with E-state index in [1.165, 1.54) is 24.3 Å². The summed E-state index contributed by atoms with van der Waals surface area (Å²) in [5.41, 5.74) is 5.40. The molecule has 0 heterocycles. The molecule has 0 amide bonds. The van der Waals surface area contributed by atoms with E-state index in [2.05, 4.69) is 0 Å². The first-order valence-electron chi connectivity index (χ1n) is 4.59. The zero-order valence-corrected chi connectivity index (χ0v) is 8.70. The van der Waals surface area contributed by atoms with E-state index in [-0.39, 0.29) is 0 Å². The van der Waals surface area contributed by atoms with Crippen molar-refractivity contribution in [1.29, 1.82) is 0 Å².